The van der Waals surface area contributed by atoms with E-state index >= 15 is 0 Å². The molecule has 0 bridgehead atoms. The highest BCUT2D eigenvalue weighted by Gasteiger charge is 2.41. The smallest absolute Gasteiger partial charge is 0.480 e. The van der Waals surface area contributed by atoms with Gasteiger partial charge in [-0.1, -0.05) is 18.2 Å². The number of benzene rings is 1. The maximum atomic E-state index is 12.6. The number of aryl methyl sites for hydroxylation is 1. The number of fused-ring (bicyclic) bond motifs is 1. The Morgan fingerprint density at radius 3 is 2.82 bits per heavy atom. The second-order valence-electron chi connectivity index (χ2n) is 8.23. The largest absolute Gasteiger partial charge is 0.522 e. The zero-order valence-electron chi connectivity index (χ0n) is 17.5. The molecule has 1 saturated carbocycles. The first-order chi connectivity index (χ1) is 15.6. The first-order valence-electron chi connectivity index (χ1n) is 10.5. The molecule has 7 nitrogen and oxygen atoms in total. The molecule has 2 heterocycles. The number of aliphatic hydroxyl groups excluding tert-OH is 1. The lowest BCUT2D eigenvalue weighted by atomic mass is 9.89. The monoisotopic (exact) mass is 485 g/mol. The van der Waals surface area contributed by atoms with Gasteiger partial charge in [0.25, 0.3) is 5.91 Å². The van der Waals surface area contributed by atoms with Crippen LogP contribution >= 0.6 is 11.6 Å². The van der Waals surface area contributed by atoms with E-state index in [0.29, 0.717) is 34.9 Å². The third-order valence-corrected chi connectivity index (χ3v) is 5.96. The first kappa shape index (κ1) is 23.6. The summed E-state index contributed by atoms with van der Waals surface area (Å²) in [7, 11) is 0. The molecule has 0 saturated heterocycles. The number of allylic oxidation sites excluding steroid dienone is 1. The molecule has 0 spiro atoms. The van der Waals surface area contributed by atoms with E-state index in [9.17, 15) is 23.1 Å². The van der Waals surface area contributed by atoms with Crippen molar-refractivity contribution in [2.75, 3.05) is 0 Å². The summed E-state index contributed by atoms with van der Waals surface area (Å²) in [6.07, 6.45) is -3.93. The minimum atomic E-state index is -4.62. The van der Waals surface area contributed by atoms with Crippen LogP contribution in [0, 0.1) is 0 Å². The molecule has 178 valence electrons. The van der Waals surface area contributed by atoms with Crippen LogP contribution in [0.25, 0.3) is 0 Å². The maximum absolute atomic E-state index is 12.6. The molecule has 1 fully saturated rings. The average Bonchev–Trinajstić information content (AvgIpc) is 3.17. The number of nitrogens with zero attached hydrogens (tertiary/aromatic N) is 2. The van der Waals surface area contributed by atoms with Crippen LogP contribution in [0.15, 0.2) is 42.7 Å². The van der Waals surface area contributed by atoms with E-state index in [1.165, 1.54) is 0 Å². The second-order valence-corrected chi connectivity index (χ2v) is 8.67. The van der Waals surface area contributed by atoms with Gasteiger partial charge in [0.1, 0.15) is 5.75 Å². The predicted molar refractivity (Wildman–Crippen MR) is 112 cm³/mol. The number of aromatic nitrogens is 2. The number of ether oxygens (including phenoxy) is 2. The fraction of sp³-hybridized carbons (Fsp3) is 0.455. The van der Waals surface area contributed by atoms with Crippen LogP contribution in [0.5, 0.6) is 5.75 Å². The molecule has 2 N–H and O–H groups in total. The lowest BCUT2D eigenvalue weighted by molar-refractivity contribution is -0.353. The molecule has 0 radical (unpaired) electrons. The summed E-state index contributed by atoms with van der Waals surface area (Å²) < 4.78 is 48.1. The van der Waals surface area contributed by atoms with Crippen molar-refractivity contribution in [3.63, 3.8) is 0 Å². The van der Waals surface area contributed by atoms with Gasteiger partial charge in [-0.15, -0.1) is 13.2 Å². The van der Waals surface area contributed by atoms with Crippen molar-refractivity contribution in [3.8, 4) is 5.75 Å². The molecule has 33 heavy (non-hydrogen) atoms. The van der Waals surface area contributed by atoms with Gasteiger partial charge >= 0.3 is 6.36 Å². The molecular weight excluding hydrogens is 463 g/mol. The van der Waals surface area contributed by atoms with Gasteiger partial charge < -0.3 is 15.2 Å². The number of alkyl halides is 3. The van der Waals surface area contributed by atoms with Gasteiger partial charge in [0.15, 0.2) is 6.10 Å². The Bertz CT molecular complexity index is 1040. The molecule has 1 aromatic carbocycles. The van der Waals surface area contributed by atoms with Gasteiger partial charge in [-0.3, -0.25) is 14.2 Å². The number of amides is 1. The van der Waals surface area contributed by atoms with Crippen molar-refractivity contribution >= 4 is 17.5 Å². The molecule has 1 aliphatic carbocycles. The van der Waals surface area contributed by atoms with Crippen molar-refractivity contribution in [1.82, 2.24) is 15.1 Å². The normalized spacial score (nSPS) is 24.4. The van der Waals surface area contributed by atoms with Crippen LogP contribution in [-0.4, -0.2) is 39.4 Å². The van der Waals surface area contributed by atoms with Crippen LogP contribution < -0.4 is 10.1 Å². The van der Waals surface area contributed by atoms with Crippen molar-refractivity contribution in [2.45, 2.75) is 62.8 Å². The Morgan fingerprint density at radius 2 is 2.09 bits per heavy atom. The van der Waals surface area contributed by atoms with E-state index in [1.807, 2.05) is 0 Å². The Balaban J connectivity index is 1.23. The lowest BCUT2D eigenvalue weighted by Gasteiger charge is -2.35. The Labute approximate surface area is 193 Å². The minimum absolute atomic E-state index is 0.0945. The van der Waals surface area contributed by atoms with Crippen molar-refractivity contribution in [2.24, 2.45) is 0 Å². The molecule has 11 heteroatoms. The summed E-state index contributed by atoms with van der Waals surface area (Å²) in [6.45, 7) is 3.87. The Kier molecular flexibility index (Phi) is 6.69. The quantitative estimate of drug-likeness (QED) is 0.613. The maximum Gasteiger partial charge on any atom is 0.522 e. The number of halogens is 4. The number of nitrogens with one attached hydrogen (secondary N) is 1. The summed E-state index contributed by atoms with van der Waals surface area (Å²) in [5.41, 5.74) is 1.75. The summed E-state index contributed by atoms with van der Waals surface area (Å²) in [6, 6.07) is 6.52. The highest BCUT2D eigenvalue weighted by Crippen LogP contribution is 2.38. The third-order valence-electron chi connectivity index (χ3n) is 5.72. The zero-order valence-corrected chi connectivity index (χ0v) is 18.3. The van der Waals surface area contributed by atoms with Crippen LogP contribution in [-0.2, 0) is 16.0 Å². The Morgan fingerprint density at radius 1 is 1.33 bits per heavy atom. The van der Waals surface area contributed by atoms with E-state index in [4.69, 9.17) is 16.3 Å². The SMILES string of the molecule is C=C(CCc1ccn([C@H]2C[C@@H](OC(F)(F)F)C2)n1)NC(=O)[C@H]1C[C@@H](O)c2cc(Cl)ccc2O1. The molecule has 2 aliphatic rings. The number of rotatable bonds is 7. The highest BCUT2D eigenvalue weighted by molar-refractivity contribution is 6.30. The molecule has 2 atom stereocenters. The van der Waals surface area contributed by atoms with Gasteiger partial charge in [-0.05, 0) is 49.9 Å². The summed E-state index contributed by atoms with van der Waals surface area (Å²) in [5.74, 6) is 0.00340. The van der Waals surface area contributed by atoms with Crippen LogP contribution in [0.2, 0.25) is 5.02 Å². The number of hydrogen-bond donors (Lipinski definition) is 2. The van der Waals surface area contributed by atoms with Gasteiger partial charge in [-0.2, -0.15) is 5.10 Å². The van der Waals surface area contributed by atoms with Gasteiger partial charge in [-0.25, -0.2) is 0 Å². The van der Waals surface area contributed by atoms with Crippen LogP contribution in [0.1, 0.15) is 49.1 Å². The minimum Gasteiger partial charge on any atom is -0.480 e. The second kappa shape index (κ2) is 9.36. The topological polar surface area (TPSA) is 85.6 Å². The van der Waals surface area contributed by atoms with Gasteiger partial charge in [0.05, 0.1) is 23.9 Å². The molecule has 1 aliphatic heterocycles. The van der Waals surface area contributed by atoms with Gasteiger partial charge in [0, 0.05) is 28.9 Å². The average molecular weight is 486 g/mol. The lowest BCUT2D eigenvalue weighted by Crippen LogP contribution is -2.41. The number of hydrogen-bond acceptors (Lipinski definition) is 5. The molecule has 0 unspecified atom stereocenters. The van der Waals surface area contributed by atoms with Crippen LogP contribution in [0.4, 0.5) is 13.2 Å². The number of carbonyl (C=O) groups is 1. The summed E-state index contributed by atoms with van der Waals surface area (Å²) >= 11 is 5.94. The zero-order chi connectivity index (χ0) is 23.8. The summed E-state index contributed by atoms with van der Waals surface area (Å²) in [4.78, 5) is 12.6. The van der Waals surface area contributed by atoms with E-state index < -0.39 is 30.6 Å². The fourth-order valence-corrected chi connectivity index (χ4v) is 4.11. The van der Waals surface area contributed by atoms with Crippen molar-refractivity contribution < 1.29 is 32.5 Å². The fourth-order valence-electron chi connectivity index (χ4n) is 3.93. The van der Waals surface area contributed by atoms with Crippen molar-refractivity contribution in [3.05, 3.63) is 59.0 Å². The molecule has 2 aromatic rings. The number of carbonyl (C=O) groups excluding carboxylic acids is 1. The van der Waals surface area contributed by atoms with E-state index in [1.54, 1.807) is 35.1 Å². The van der Waals surface area contributed by atoms with Crippen molar-refractivity contribution in [1.29, 1.82) is 0 Å². The molecule has 1 amide bonds. The molecule has 4 rings (SSSR count). The van der Waals surface area contributed by atoms with Crippen LogP contribution in [0.3, 0.4) is 0 Å². The summed E-state index contributed by atoms with van der Waals surface area (Å²) in [5, 5.41) is 17.9. The number of aliphatic hydroxyl groups is 1. The predicted octanol–water partition coefficient (Wildman–Crippen LogP) is 4.22. The molecular formula is C22H23ClF3N3O4. The van der Waals surface area contributed by atoms with E-state index in [2.05, 4.69) is 21.7 Å². The third kappa shape index (κ3) is 5.87. The Hall–Kier alpha value is -2.56. The van der Waals surface area contributed by atoms with E-state index in [-0.39, 0.29) is 25.3 Å². The first-order valence-corrected chi connectivity index (χ1v) is 10.9. The highest BCUT2D eigenvalue weighted by atomic mass is 35.5. The standard InChI is InChI=1S/C22H23ClF3N3O4/c1-12(27-21(31)20-11-18(30)17-8-13(23)3-5-19(17)32-20)2-4-14-6-7-29(28-14)15-9-16(10-15)33-22(24,25)26/h3,5-8,15-16,18,20,30H,1-2,4,9-11H2,(H,27,31)/t15-,16+,18-,20-/m1/s1. The van der Waals surface area contributed by atoms with E-state index in [0.717, 1.165) is 5.69 Å². The van der Waals surface area contributed by atoms with Gasteiger partial charge in [0.2, 0.25) is 0 Å². The molecule has 1 aromatic heterocycles.